The van der Waals surface area contributed by atoms with Crippen molar-refractivity contribution in [3.63, 3.8) is 0 Å². The van der Waals surface area contributed by atoms with Crippen molar-refractivity contribution in [2.24, 2.45) is 0 Å². The molecular formula is C17H34Cl2Si. The molecule has 1 saturated carbocycles. The smallest absolute Gasteiger partial charge is 0.146 e. The first-order valence-electron chi connectivity index (χ1n) is 9.04. The zero-order chi connectivity index (χ0) is 14.7. The van der Waals surface area contributed by atoms with E-state index in [1.54, 1.807) is 0 Å². The maximum Gasteiger partial charge on any atom is 0.254 e. The van der Waals surface area contributed by atoms with Crippen LogP contribution in [0.15, 0.2) is 0 Å². The van der Waals surface area contributed by atoms with E-state index in [0.717, 1.165) is 6.04 Å². The molecule has 0 atom stereocenters. The molecule has 1 aliphatic carbocycles. The average Bonchev–Trinajstić information content (AvgIpc) is 2.46. The molecule has 0 unspecified atom stereocenters. The lowest BCUT2D eigenvalue weighted by Crippen LogP contribution is -2.28. The summed E-state index contributed by atoms with van der Waals surface area (Å²) in [5, 5.41) is 0. The molecular weight excluding hydrogens is 303 g/mol. The van der Waals surface area contributed by atoms with E-state index in [-0.39, 0.29) is 0 Å². The maximum absolute atomic E-state index is 6.72. The van der Waals surface area contributed by atoms with Crippen molar-refractivity contribution in [3.8, 4) is 0 Å². The highest BCUT2D eigenvalue weighted by Crippen LogP contribution is 2.44. The Morgan fingerprint density at radius 1 is 0.750 bits per heavy atom. The van der Waals surface area contributed by atoms with Crippen molar-refractivity contribution < 1.29 is 0 Å². The normalized spacial score (nSPS) is 17.6. The molecule has 120 valence electrons. The van der Waals surface area contributed by atoms with Crippen molar-refractivity contribution in [3.05, 3.63) is 0 Å². The van der Waals surface area contributed by atoms with E-state index in [1.807, 2.05) is 0 Å². The van der Waals surface area contributed by atoms with E-state index < -0.39 is 6.69 Å². The topological polar surface area (TPSA) is 0 Å². The fraction of sp³-hybridized carbons (Fsp3) is 1.00. The van der Waals surface area contributed by atoms with Crippen LogP contribution in [-0.4, -0.2) is 6.69 Å². The van der Waals surface area contributed by atoms with Crippen LogP contribution in [0.3, 0.4) is 0 Å². The molecule has 0 spiro atoms. The summed E-state index contributed by atoms with van der Waals surface area (Å²) < 4.78 is 0. The van der Waals surface area contributed by atoms with Gasteiger partial charge in [-0.05, 0) is 11.6 Å². The van der Waals surface area contributed by atoms with Crippen LogP contribution in [-0.2, 0) is 0 Å². The summed E-state index contributed by atoms with van der Waals surface area (Å²) in [6.45, 7) is 0.334. The Hall–Kier alpha value is 0.797. The molecule has 0 nitrogen and oxygen atoms in total. The summed E-state index contributed by atoms with van der Waals surface area (Å²) in [5.74, 6) is 0. The van der Waals surface area contributed by atoms with Crippen molar-refractivity contribution in [1.29, 1.82) is 0 Å². The summed E-state index contributed by atoms with van der Waals surface area (Å²) in [5.41, 5.74) is 0.689. The molecule has 3 heteroatoms. The summed E-state index contributed by atoms with van der Waals surface area (Å²) >= 11 is 13.4. The SMILES string of the molecule is CCCCCCCCCCC[Si](Cl)(Cl)C1CCCCC1. The van der Waals surface area contributed by atoms with Gasteiger partial charge in [-0.15, -0.1) is 22.2 Å². The highest BCUT2D eigenvalue weighted by Gasteiger charge is 2.38. The largest absolute Gasteiger partial charge is 0.254 e. The van der Waals surface area contributed by atoms with Gasteiger partial charge in [0.2, 0.25) is 0 Å². The average molecular weight is 337 g/mol. The molecule has 0 N–H and O–H groups in total. The molecule has 0 heterocycles. The molecule has 0 radical (unpaired) electrons. The first kappa shape index (κ1) is 18.8. The minimum Gasteiger partial charge on any atom is -0.146 e. The highest BCUT2D eigenvalue weighted by atomic mass is 35.7. The van der Waals surface area contributed by atoms with Crippen LogP contribution in [0.2, 0.25) is 11.6 Å². The molecule has 0 aromatic carbocycles. The van der Waals surface area contributed by atoms with Crippen molar-refractivity contribution >= 4 is 28.9 Å². The number of hydrogen-bond acceptors (Lipinski definition) is 0. The van der Waals surface area contributed by atoms with Gasteiger partial charge in [-0.25, -0.2) is 0 Å². The third-order valence-electron chi connectivity index (χ3n) is 4.82. The van der Waals surface area contributed by atoms with Gasteiger partial charge in [-0.1, -0.05) is 96.8 Å². The van der Waals surface area contributed by atoms with E-state index in [4.69, 9.17) is 22.2 Å². The van der Waals surface area contributed by atoms with Crippen molar-refractivity contribution in [1.82, 2.24) is 0 Å². The second kappa shape index (κ2) is 11.4. The van der Waals surface area contributed by atoms with Crippen molar-refractivity contribution in [2.45, 2.75) is 108 Å². The van der Waals surface area contributed by atoms with Gasteiger partial charge >= 0.3 is 0 Å². The molecule has 0 amide bonds. The van der Waals surface area contributed by atoms with Gasteiger partial charge in [0.25, 0.3) is 6.69 Å². The maximum atomic E-state index is 6.72. The Morgan fingerprint density at radius 3 is 1.80 bits per heavy atom. The van der Waals surface area contributed by atoms with Crippen LogP contribution in [0, 0.1) is 0 Å². The van der Waals surface area contributed by atoms with Gasteiger partial charge in [-0.2, -0.15) is 0 Å². The third-order valence-corrected chi connectivity index (χ3v) is 10.6. The van der Waals surface area contributed by atoms with Gasteiger partial charge in [0.1, 0.15) is 0 Å². The fourth-order valence-corrected chi connectivity index (χ4v) is 7.89. The first-order valence-corrected chi connectivity index (χ1v) is 13.4. The Bertz CT molecular complexity index is 225. The van der Waals surface area contributed by atoms with Crippen LogP contribution in [0.25, 0.3) is 0 Å². The standard InChI is InChI=1S/C17H34Cl2Si/c1-2-3-4-5-6-7-8-9-13-16-20(18,19)17-14-11-10-12-15-17/h17H,2-16H2,1H3. The van der Waals surface area contributed by atoms with Gasteiger partial charge < -0.3 is 0 Å². The lowest BCUT2D eigenvalue weighted by atomic mass is 10.0. The number of rotatable bonds is 11. The summed E-state index contributed by atoms with van der Waals surface area (Å²) in [6.07, 6.45) is 19.2. The predicted molar refractivity (Wildman–Crippen MR) is 96.3 cm³/mol. The van der Waals surface area contributed by atoms with Crippen LogP contribution >= 0.6 is 22.2 Å². The van der Waals surface area contributed by atoms with E-state index in [0.29, 0.717) is 5.54 Å². The molecule has 20 heavy (non-hydrogen) atoms. The molecule has 1 rings (SSSR count). The summed E-state index contributed by atoms with van der Waals surface area (Å²) in [4.78, 5) is 0. The zero-order valence-corrected chi connectivity index (χ0v) is 16.0. The Kier molecular flexibility index (Phi) is 10.7. The quantitative estimate of drug-likeness (QED) is 0.205. The number of unbranched alkanes of at least 4 members (excludes halogenated alkanes) is 8. The van der Waals surface area contributed by atoms with Crippen LogP contribution < -0.4 is 0 Å². The lowest BCUT2D eigenvalue weighted by Gasteiger charge is -2.30. The zero-order valence-electron chi connectivity index (χ0n) is 13.4. The third kappa shape index (κ3) is 8.29. The number of hydrogen-bond donors (Lipinski definition) is 0. The Balaban J connectivity index is 1.96. The predicted octanol–water partition coefficient (Wildman–Crippen LogP) is 7.77. The van der Waals surface area contributed by atoms with Gasteiger partial charge in [0.15, 0.2) is 0 Å². The lowest BCUT2D eigenvalue weighted by molar-refractivity contribution is 0.495. The Labute approximate surface area is 137 Å². The highest BCUT2D eigenvalue weighted by molar-refractivity contribution is 7.46. The van der Waals surface area contributed by atoms with Gasteiger partial charge in [0.05, 0.1) is 0 Å². The van der Waals surface area contributed by atoms with Crippen LogP contribution in [0.5, 0.6) is 0 Å². The van der Waals surface area contributed by atoms with E-state index in [9.17, 15) is 0 Å². The first-order chi connectivity index (χ1) is 9.67. The second-order valence-electron chi connectivity index (χ2n) is 6.67. The molecule has 0 bridgehead atoms. The van der Waals surface area contributed by atoms with Crippen LogP contribution in [0.4, 0.5) is 0 Å². The fourth-order valence-electron chi connectivity index (χ4n) is 3.40. The summed E-state index contributed by atoms with van der Waals surface area (Å²) in [6, 6.07) is 1.14. The summed E-state index contributed by atoms with van der Waals surface area (Å²) in [7, 11) is 0. The molecule has 1 aliphatic rings. The van der Waals surface area contributed by atoms with E-state index in [1.165, 1.54) is 89.9 Å². The van der Waals surface area contributed by atoms with E-state index >= 15 is 0 Å². The molecule has 1 fully saturated rings. The molecule has 0 aromatic rings. The monoisotopic (exact) mass is 336 g/mol. The van der Waals surface area contributed by atoms with Crippen molar-refractivity contribution in [2.75, 3.05) is 0 Å². The Morgan fingerprint density at radius 2 is 1.25 bits per heavy atom. The van der Waals surface area contributed by atoms with Gasteiger partial charge in [0, 0.05) is 0 Å². The molecule has 0 aliphatic heterocycles. The minimum atomic E-state index is -1.94. The minimum absolute atomic E-state index is 0.689. The van der Waals surface area contributed by atoms with Gasteiger partial charge in [-0.3, -0.25) is 0 Å². The molecule has 0 saturated heterocycles. The second-order valence-corrected chi connectivity index (χ2v) is 14.1. The van der Waals surface area contributed by atoms with Crippen LogP contribution in [0.1, 0.15) is 96.8 Å². The number of halogens is 2. The molecule has 0 aromatic heterocycles. The van der Waals surface area contributed by atoms with E-state index in [2.05, 4.69) is 6.92 Å².